The summed E-state index contributed by atoms with van der Waals surface area (Å²) in [4.78, 5) is 12.4. The van der Waals surface area contributed by atoms with Gasteiger partial charge in [0.15, 0.2) is 0 Å². The van der Waals surface area contributed by atoms with Crippen LogP contribution in [0.3, 0.4) is 0 Å². The van der Waals surface area contributed by atoms with Crippen LogP contribution in [-0.4, -0.2) is 27.1 Å². The summed E-state index contributed by atoms with van der Waals surface area (Å²) in [5.74, 6) is -0.193. The number of carbonyl (C=O) groups excluding carboxylic acids is 1. The molecule has 0 heterocycles. The van der Waals surface area contributed by atoms with E-state index < -0.39 is 10.0 Å². The molecule has 25 heavy (non-hydrogen) atoms. The molecular formula is C19H24N2O3S. The first-order valence-corrected chi connectivity index (χ1v) is 10.0. The molecule has 2 aromatic rings. The van der Waals surface area contributed by atoms with Crippen LogP contribution < -0.4 is 9.62 Å². The number of hydrogen-bond donors (Lipinski definition) is 1. The maximum Gasteiger partial charge on any atom is 0.251 e. The molecular weight excluding hydrogens is 336 g/mol. The molecule has 2 rings (SSSR count). The van der Waals surface area contributed by atoms with E-state index in [4.69, 9.17) is 0 Å². The second kappa shape index (κ2) is 7.70. The molecule has 0 saturated heterocycles. The highest BCUT2D eigenvalue weighted by molar-refractivity contribution is 7.92. The van der Waals surface area contributed by atoms with Crippen molar-refractivity contribution in [3.63, 3.8) is 0 Å². The van der Waals surface area contributed by atoms with E-state index in [9.17, 15) is 13.2 Å². The third kappa shape index (κ3) is 4.82. The average molecular weight is 360 g/mol. The molecule has 0 spiro atoms. The van der Waals surface area contributed by atoms with Crippen molar-refractivity contribution < 1.29 is 13.2 Å². The van der Waals surface area contributed by atoms with E-state index in [1.807, 2.05) is 38.1 Å². The summed E-state index contributed by atoms with van der Waals surface area (Å²) in [5, 5.41) is 2.95. The second-order valence-corrected chi connectivity index (χ2v) is 7.99. The summed E-state index contributed by atoms with van der Waals surface area (Å²) in [6, 6.07) is 14.5. The highest BCUT2D eigenvalue weighted by Crippen LogP contribution is 2.19. The van der Waals surface area contributed by atoms with Gasteiger partial charge in [0, 0.05) is 12.1 Å². The van der Waals surface area contributed by atoms with Crippen molar-refractivity contribution in [1.82, 2.24) is 5.32 Å². The number of carbonyl (C=O) groups is 1. The Bertz CT molecular complexity index is 828. The van der Waals surface area contributed by atoms with E-state index in [0.29, 0.717) is 17.8 Å². The minimum absolute atomic E-state index is 0.115. The zero-order chi connectivity index (χ0) is 18.6. The minimum Gasteiger partial charge on any atom is -0.346 e. The highest BCUT2D eigenvalue weighted by Gasteiger charge is 2.16. The standard InChI is InChI=1S/C19H24N2O3S/c1-5-21(25(4,23)24)18-12-10-17(11-13-18)19(22)20-15(3)16-8-6-14(2)7-9-16/h6-13,15H,5H2,1-4H3,(H,20,22)/t15-/m0/s1. The van der Waals surface area contributed by atoms with E-state index in [1.165, 1.54) is 16.1 Å². The smallest absolute Gasteiger partial charge is 0.251 e. The third-order valence-electron chi connectivity index (χ3n) is 4.03. The van der Waals surface area contributed by atoms with Gasteiger partial charge in [0.1, 0.15) is 0 Å². The summed E-state index contributed by atoms with van der Waals surface area (Å²) in [6.45, 7) is 6.06. The van der Waals surface area contributed by atoms with Gasteiger partial charge in [-0.3, -0.25) is 9.10 Å². The van der Waals surface area contributed by atoms with Crippen LogP contribution >= 0.6 is 0 Å². The van der Waals surface area contributed by atoms with Gasteiger partial charge in [-0.25, -0.2) is 8.42 Å². The molecule has 0 aliphatic heterocycles. The number of hydrogen-bond acceptors (Lipinski definition) is 3. The molecule has 6 heteroatoms. The minimum atomic E-state index is -3.33. The maximum absolute atomic E-state index is 12.4. The Hall–Kier alpha value is -2.34. The number of nitrogens with zero attached hydrogens (tertiary/aromatic N) is 1. The van der Waals surface area contributed by atoms with Gasteiger partial charge in [-0.2, -0.15) is 0 Å². The van der Waals surface area contributed by atoms with Crippen molar-refractivity contribution in [2.45, 2.75) is 26.8 Å². The monoisotopic (exact) mass is 360 g/mol. The van der Waals surface area contributed by atoms with Crippen molar-refractivity contribution >= 4 is 21.6 Å². The fourth-order valence-electron chi connectivity index (χ4n) is 2.61. The lowest BCUT2D eigenvalue weighted by molar-refractivity contribution is 0.0940. The molecule has 1 atom stereocenters. The largest absolute Gasteiger partial charge is 0.346 e. The van der Waals surface area contributed by atoms with Crippen molar-refractivity contribution in [2.24, 2.45) is 0 Å². The van der Waals surface area contributed by atoms with E-state index >= 15 is 0 Å². The van der Waals surface area contributed by atoms with E-state index in [0.717, 1.165) is 5.56 Å². The van der Waals surface area contributed by atoms with E-state index in [-0.39, 0.29) is 11.9 Å². The van der Waals surface area contributed by atoms with Crippen LogP contribution in [0.2, 0.25) is 0 Å². The lowest BCUT2D eigenvalue weighted by Crippen LogP contribution is -2.29. The summed E-state index contributed by atoms with van der Waals surface area (Å²) in [7, 11) is -3.33. The number of aryl methyl sites for hydroxylation is 1. The van der Waals surface area contributed by atoms with Crippen molar-refractivity contribution in [3.8, 4) is 0 Å². The van der Waals surface area contributed by atoms with E-state index in [2.05, 4.69) is 5.32 Å². The average Bonchev–Trinajstić information content (AvgIpc) is 2.55. The molecule has 0 aromatic heterocycles. The molecule has 0 bridgehead atoms. The summed E-state index contributed by atoms with van der Waals surface area (Å²) < 4.78 is 24.8. The molecule has 0 unspecified atom stereocenters. The van der Waals surface area contributed by atoms with Gasteiger partial charge in [-0.1, -0.05) is 29.8 Å². The maximum atomic E-state index is 12.4. The number of amides is 1. The molecule has 0 radical (unpaired) electrons. The van der Waals surface area contributed by atoms with Gasteiger partial charge < -0.3 is 5.32 Å². The lowest BCUT2D eigenvalue weighted by atomic mass is 10.1. The Morgan fingerprint density at radius 2 is 1.64 bits per heavy atom. The van der Waals surface area contributed by atoms with Crippen molar-refractivity contribution in [1.29, 1.82) is 0 Å². The molecule has 134 valence electrons. The van der Waals surface area contributed by atoms with Crippen LogP contribution in [0.4, 0.5) is 5.69 Å². The highest BCUT2D eigenvalue weighted by atomic mass is 32.2. The first-order valence-electron chi connectivity index (χ1n) is 8.17. The topological polar surface area (TPSA) is 66.5 Å². The molecule has 0 fully saturated rings. The fourth-order valence-corrected chi connectivity index (χ4v) is 3.58. The number of benzene rings is 2. The van der Waals surface area contributed by atoms with Crippen LogP contribution in [0.25, 0.3) is 0 Å². The van der Waals surface area contributed by atoms with Gasteiger partial charge in [-0.05, 0) is 50.6 Å². The number of sulfonamides is 1. The zero-order valence-electron chi connectivity index (χ0n) is 15.0. The summed E-state index contributed by atoms with van der Waals surface area (Å²) in [5.41, 5.74) is 3.24. The van der Waals surface area contributed by atoms with Crippen LogP contribution in [0, 0.1) is 6.92 Å². The molecule has 0 aliphatic rings. The Balaban J connectivity index is 2.11. The van der Waals surface area contributed by atoms with Gasteiger partial charge in [0.05, 0.1) is 18.0 Å². The molecule has 5 nitrogen and oxygen atoms in total. The Morgan fingerprint density at radius 3 is 2.12 bits per heavy atom. The second-order valence-electron chi connectivity index (χ2n) is 6.08. The van der Waals surface area contributed by atoms with Crippen molar-refractivity contribution in [2.75, 3.05) is 17.1 Å². The first kappa shape index (κ1) is 19.0. The Kier molecular flexibility index (Phi) is 5.85. The molecule has 2 aromatic carbocycles. The predicted octanol–water partition coefficient (Wildman–Crippen LogP) is 3.27. The quantitative estimate of drug-likeness (QED) is 0.860. The van der Waals surface area contributed by atoms with Crippen LogP contribution in [0.15, 0.2) is 48.5 Å². The molecule has 0 aliphatic carbocycles. The van der Waals surface area contributed by atoms with Gasteiger partial charge in [0.25, 0.3) is 5.91 Å². The van der Waals surface area contributed by atoms with Crippen LogP contribution in [-0.2, 0) is 10.0 Å². The first-order chi connectivity index (χ1) is 11.7. The Labute approximate surface area is 149 Å². The third-order valence-corrected chi connectivity index (χ3v) is 5.30. The number of anilines is 1. The molecule has 1 amide bonds. The predicted molar refractivity (Wildman–Crippen MR) is 101 cm³/mol. The number of nitrogens with one attached hydrogen (secondary N) is 1. The normalized spacial score (nSPS) is 12.5. The fraction of sp³-hybridized carbons (Fsp3) is 0.316. The van der Waals surface area contributed by atoms with Gasteiger partial charge in [0.2, 0.25) is 10.0 Å². The lowest BCUT2D eigenvalue weighted by Gasteiger charge is -2.20. The molecule has 0 saturated carbocycles. The summed E-state index contributed by atoms with van der Waals surface area (Å²) >= 11 is 0. The van der Waals surface area contributed by atoms with Gasteiger partial charge in [-0.15, -0.1) is 0 Å². The SMILES string of the molecule is CCN(c1ccc(C(=O)N[C@@H](C)c2ccc(C)cc2)cc1)S(C)(=O)=O. The molecule has 1 N–H and O–H groups in total. The van der Waals surface area contributed by atoms with Crippen LogP contribution in [0.5, 0.6) is 0 Å². The zero-order valence-corrected chi connectivity index (χ0v) is 15.8. The van der Waals surface area contributed by atoms with Crippen molar-refractivity contribution in [3.05, 3.63) is 65.2 Å². The van der Waals surface area contributed by atoms with E-state index in [1.54, 1.807) is 31.2 Å². The van der Waals surface area contributed by atoms with Crippen LogP contribution in [0.1, 0.15) is 41.4 Å². The Morgan fingerprint density at radius 1 is 1.08 bits per heavy atom. The number of rotatable bonds is 6. The summed E-state index contributed by atoms with van der Waals surface area (Å²) in [6.07, 6.45) is 1.17. The van der Waals surface area contributed by atoms with Gasteiger partial charge >= 0.3 is 0 Å².